The van der Waals surface area contributed by atoms with E-state index in [4.69, 9.17) is 9.47 Å². The number of rotatable bonds is 7. The van der Waals surface area contributed by atoms with Gasteiger partial charge in [-0.3, -0.25) is 0 Å². The van der Waals surface area contributed by atoms with Gasteiger partial charge in [-0.25, -0.2) is 9.78 Å². The molecule has 1 aromatic heterocycles. The fraction of sp³-hybridized carbons (Fsp3) is 0.750. The van der Waals surface area contributed by atoms with Gasteiger partial charge in [0.1, 0.15) is 11.9 Å². The molecule has 2 heterocycles. The summed E-state index contributed by atoms with van der Waals surface area (Å²) < 4.78 is 13.1. The number of nitrogens with zero attached hydrogens (tertiary/aromatic N) is 2. The number of nitrogens with one attached hydrogen (secondary N) is 2. The van der Waals surface area contributed by atoms with Crippen molar-refractivity contribution in [2.45, 2.75) is 50.9 Å². The van der Waals surface area contributed by atoms with Crippen LogP contribution in [-0.2, 0) is 16.0 Å². The summed E-state index contributed by atoms with van der Waals surface area (Å²) in [5.74, 6) is 1.43. The van der Waals surface area contributed by atoms with Crippen LogP contribution in [0, 0.1) is 5.92 Å². The topological polar surface area (TPSA) is 77.4 Å². The highest BCUT2D eigenvalue weighted by Crippen LogP contribution is 2.33. The molecule has 3 rings (SSSR count). The Labute approximate surface area is 136 Å². The zero-order chi connectivity index (χ0) is 16.2. The van der Waals surface area contributed by atoms with E-state index in [1.807, 2.05) is 6.20 Å². The van der Waals surface area contributed by atoms with E-state index in [-0.39, 0.29) is 24.2 Å². The zero-order valence-corrected chi connectivity index (χ0v) is 13.8. The molecule has 2 aliphatic rings. The van der Waals surface area contributed by atoms with Gasteiger partial charge in [0.25, 0.3) is 0 Å². The molecule has 1 aliphatic carbocycles. The highest BCUT2D eigenvalue weighted by Gasteiger charge is 2.36. The van der Waals surface area contributed by atoms with E-state index in [1.165, 1.54) is 0 Å². The van der Waals surface area contributed by atoms with Crippen molar-refractivity contribution in [1.82, 2.24) is 20.2 Å². The number of amides is 2. The summed E-state index contributed by atoms with van der Waals surface area (Å²) in [6, 6.07) is -0.0995. The Kier molecular flexibility index (Phi) is 5.17. The van der Waals surface area contributed by atoms with E-state index in [9.17, 15) is 4.79 Å². The third-order valence-corrected chi connectivity index (χ3v) is 4.60. The molecule has 7 nitrogen and oxygen atoms in total. The van der Waals surface area contributed by atoms with Crippen LogP contribution >= 0.6 is 0 Å². The van der Waals surface area contributed by atoms with Crippen LogP contribution in [0.2, 0.25) is 0 Å². The van der Waals surface area contributed by atoms with Crippen molar-refractivity contribution in [2.75, 3.05) is 20.3 Å². The first-order valence-corrected chi connectivity index (χ1v) is 8.41. The Morgan fingerprint density at radius 1 is 1.52 bits per heavy atom. The standard InChI is InChI=1S/C16H26N4O3/c1-3-20-8-7-17-15(20)14-12(6-9-23-14)18-16(21)19-13(10-22-2)11-4-5-11/h7-8,11-14H,3-6,9-10H2,1-2H3,(H2,18,19,21)/t12-,13+,14-/m0/s1. The van der Waals surface area contributed by atoms with Gasteiger partial charge in [0, 0.05) is 32.7 Å². The summed E-state index contributed by atoms with van der Waals surface area (Å²) in [6.07, 6.45) is 6.66. The quantitative estimate of drug-likeness (QED) is 0.797. The number of carbonyl (C=O) groups is 1. The second-order valence-corrected chi connectivity index (χ2v) is 6.28. The predicted molar refractivity (Wildman–Crippen MR) is 85.1 cm³/mol. The van der Waals surface area contributed by atoms with E-state index in [0.29, 0.717) is 19.1 Å². The summed E-state index contributed by atoms with van der Waals surface area (Å²) >= 11 is 0. The Bertz CT molecular complexity index is 529. The Morgan fingerprint density at radius 2 is 2.35 bits per heavy atom. The summed E-state index contributed by atoms with van der Waals surface area (Å²) in [5.41, 5.74) is 0. The molecular weight excluding hydrogens is 296 g/mol. The van der Waals surface area contributed by atoms with Crippen molar-refractivity contribution in [3.05, 3.63) is 18.2 Å². The molecule has 1 saturated carbocycles. The first-order valence-electron chi connectivity index (χ1n) is 8.41. The van der Waals surface area contributed by atoms with Crippen molar-refractivity contribution in [1.29, 1.82) is 0 Å². The van der Waals surface area contributed by atoms with Gasteiger partial charge in [0.15, 0.2) is 0 Å². The lowest BCUT2D eigenvalue weighted by Crippen LogP contribution is -2.49. The second-order valence-electron chi connectivity index (χ2n) is 6.28. The minimum absolute atomic E-state index is 0.0508. The van der Waals surface area contributed by atoms with Crippen LogP contribution in [0.3, 0.4) is 0 Å². The van der Waals surface area contributed by atoms with Crippen LogP contribution in [0.15, 0.2) is 12.4 Å². The van der Waals surface area contributed by atoms with Gasteiger partial charge in [0.05, 0.1) is 18.7 Å². The molecule has 1 aliphatic heterocycles. The van der Waals surface area contributed by atoms with E-state index in [0.717, 1.165) is 31.6 Å². The molecule has 7 heteroatoms. The average molecular weight is 322 g/mol. The molecule has 2 N–H and O–H groups in total. The molecule has 0 unspecified atom stereocenters. The van der Waals surface area contributed by atoms with Crippen molar-refractivity contribution in [3.8, 4) is 0 Å². The number of carbonyl (C=O) groups excluding carboxylic acids is 1. The number of hydrogen-bond donors (Lipinski definition) is 2. The van der Waals surface area contributed by atoms with Crippen molar-refractivity contribution < 1.29 is 14.3 Å². The minimum Gasteiger partial charge on any atom is -0.383 e. The maximum atomic E-state index is 12.3. The Balaban J connectivity index is 1.58. The molecule has 128 valence electrons. The predicted octanol–water partition coefficient (Wildman–Crippen LogP) is 1.46. The third-order valence-electron chi connectivity index (χ3n) is 4.60. The van der Waals surface area contributed by atoms with Gasteiger partial charge < -0.3 is 24.7 Å². The normalized spacial score (nSPS) is 25.3. The van der Waals surface area contributed by atoms with Crippen LogP contribution in [0.25, 0.3) is 0 Å². The number of methoxy groups -OCH3 is 1. The molecular formula is C16H26N4O3. The summed E-state index contributed by atoms with van der Waals surface area (Å²) in [6.45, 7) is 4.10. The molecule has 3 atom stereocenters. The van der Waals surface area contributed by atoms with E-state index < -0.39 is 0 Å². The smallest absolute Gasteiger partial charge is 0.315 e. The van der Waals surface area contributed by atoms with Gasteiger partial charge in [-0.2, -0.15) is 0 Å². The molecule has 0 bridgehead atoms. The Hall–Kier alpha value is -1.60. The number of urea groups is 1. The van der Waals surface area contributed by atoms with Crippen LogP contribution in [0.5, 0.6) is 0 Å². The summed E-state index contributed by atoms with van der Waals surface area (Å²) in [4.78, 5) is 16.7. The number of aryl methyl sites for hydroxylation is 1. The molecule has 1 saturated heterocycles. The molecule has 0 spiro atoms. The Morgan fingerprint density at radius 3 is 3.04 bits per heavy atom. The average Bonchev–Trinajstić information content (AvgIpc) is 3.11. The second kappa shape index (κ2) is 7.31. The molecule has 23 heavy (non-hydrogen) atoms. The summed E-state index contributed by atoms with van der Waals surface area (Å²) in [7, 11) is 1.67. The van der Waals surface area contributed by atoms with E-state index >= 15 is 0 Å². The van der Waals surface area contributed by atoms with Gasteiger partial charge in [-0.15, -0.1) is 0 Å². The van der Waals surface area contributed by atoms with Crippen molar-refractivity contribution in [3.63, 3.8) is 0 Å². The zero-order valence-electron chi connectivity index (χ0n) is 13.8. The molecule has 0 radical (unpaired) electrons. The highest BCUT2D eigenvalue weighted by atomic mass is 16.5. The van der Waals surface area contributed by atoms with Crippen LogP contribution in [0.1, 0.15) is 38.1 Å². The molecule has 1 aromatic rings. The van der Waals surface area contributed by atoms with Crippen LogP contribution in [-0.4, -0.2) is 48.0 Å². The third kappa shape index (κ3) is 3.84. The molecule has 0 aromatic carbocycles. The lowest BCUT2D eigenvalue weighted by Gasteiger charge is -2.23. The first-order chi connectivity index (χ1) is 11.2. The van der Waals surface area contributed by atoms with Gasteiger partial charge in [-0.05, 0) is 32.1 Å². The number of ether oxygens (including phenoxy) is 2. The maximum absolute atomic E-state index is 12.3. The van der Waals surface area contributed by atoms with Gasteiger partial charge in [-0.1, -0.05) is 0 Å². The number of aromatic nitrogens is 2. The fourth-order valence-corrected chi connectivity index (χ4v) is 3.19. The van der Waals surface area contributed by atoms with Crippen LogP contribution < -0.4 is 10.6 Å². The number of hydrogen-bond acceptors (Lipinski definition) is 4. The lowest BCUT2D eigenvalue weighted by atomic mass is 10.1. The van der Waals surface area contributed by atoms with Gasteiger partial charge >= 0.3 is 6.03 Å². The van der Waals surface area contributed by atoms with Crippen molar-refractivity contribution >= 4 is 6.03 Å². The highest BCUT2D eigenvalue weighted by molar-refractivity contribution is 5.74. The van der Waals surface area contributed by atoms with E-state index in [1.54, 1.807) is 13.3 Å². The fourth-order valence-electron chi connectivity index (χ4n) is 3.19. The van der Waals surface area contributed by atoms with Crippen molar-refractivity contribution in [2.24, 2.45) is 5.92 Å². The monoisotopic (exact) mass is 322 g/mol. The number of imidazole rings is 1. The maximum Gasteiger partial charge on any atom is 0.315 e. The lowest BCUT2D eigenvalue weighted by molar-refractivity contribution is 0.0896. The molecule has 2 fully saturated rings. The van der Waals surface area contributed by atoms with Gasteiger partial charge in [0.2, 0.25) is 0 Å². The minimum atomic E-state index is -0.183. The molecule has 2 amide bonds. The summed E-state index contributed by atoms with van der Waals surface area (Å²) in [5, 5.41) is 6.10. The first kappa shape index (κ1) is 16.3. The van der Waals surface area contributed by atoms with E-state index in [2.05, 4.69) is 27.1 Å². The SMILES string of the molecule is CCn1ccnc1[C@H]1OCC[C@@H]1NC(=O)N[C@H](COC)C1CC1. The largest absolute Gasteiger partial charge is 0.383 e. The van der Waals surface area contributed by atoms with Crippen LogP contribution in [0.4, 0.5) is 4.79 Å².